The van der Waals surface area contributed by atoms with Gasteiger partial charge in [-0.25, -0.2) is 0 Å². The minimum atomic E-state index is 0.0536. The molecule has 0 spiro atoms. The summed E-state index contributed by atoms with van der Waals surface area (Å²) >= 11 is 0. The first kappa shape index (κ1) is 12.3. The molecular formula is C15H21N3O. The number of rotatable bonds is 2. The molecule has 4 heteroatoms. The summed E-state index contributed by atoms with van der Waals surface area (Å²) in [5.41, 5.74) is 9.70. The lowest BCUT2D eigenvalue weighted by Gasteiger charge is -2.29. The maximum absolute atomic E-state index is 11.4. The van der Waals surface area contributed by atoms with Crippen LogP contribution >= 0.6 is 0 Å². The third-order valence-corrected chi connectivity index (χ3v) is 4.20. The zero-order chi connectivity index (χ0) is 13.4. The van der Waals surface area contributed by atoms with Gasteiger partial charge in [-0.2, -0.15) is 0 Å². The number of anilines is 3. The van der Waals surface area contributed by atoms with Crippen LogP contribution in [0.15, 0.2) is 12.1 Å². The van der Waals surface area contributed by atoms with Gasteiger partial charge in [0.1, 0.15) is 0 Å². The van der Waals surface area contributed by atoms with Gasteiger partial charge in [0, 0.05) is 11.7 Å². The summed E-state index contributed by atoms with van der Waals surface area (Å²) in [7, 11) is 0. The summed E-state index contributed by atoms with van der Waals surface area (Å²) in [4.78, 5) is 11.4. The van der Waals surface area contributed by atoms with E-state index in [-0.39, 0.29) is 5.91 Å². The second-order valence-electron chi connectivity index (χ2n) is 5.93. The average molecular weight is 259 g/mol. The van der Waals surface area contributed by atoms with Gasteiger partial charge in [-0.05, 0) is 36.5 Å². The number of hydrogen-bond acceptors (Lipinski definition) is 3. The lowest BCUT2D eigenvalue weighted by molar-refractivity contribution is -0.115. The second kappa shape index (κ2) is 4.76. The Kier molecular flexibility index (Phi) is 3.09. The molecule has 0 aromatic heterocycles. The number of nitrogens with two attached hydrogens (primary N) is 1. The topological polar surface area (TPSA) is 67.1 Å². The first-order chi connectivity index (χ1) is 9.11. The molecule has 0 bridgehead atoms. The minimum absolute atomic E-state index is 0.0536. The number of nitrogen functional groups attached to an aromatic ring is 1. The monoisotopic (exact) mass is 259 g/mol. The molecule has 2 unspecified atom stereocenters. The van der Waals surface area contributed by atoms with Crippen LogP contribution in [-0.4, -0.2) is 11.9 Å². The second-order valence-corrected chi connectivity index (χ2v) is 5.93. The van der Waals surface area contributed by atoms with Crippen LogP contribution in [0, 0.1) is 5.92 Å². The summed E-state index contributed by atoms with van der Waals surface area (Å²) < 4.78 is 0. The Hall–Kier alpha value is -1.71. The van der Waals surface area contributed by atoms with Crippen LogP contribution in [0.2, 0.25) is 0 Å². The fourth-order valence-corrected chi connectivity index (χ4v) is 3.20. The number of fused-ring (bicyclic) bond motifs is 1. The van der Waals surface area contributed by atoms with Crippen LogP contribution < -0.4 is 16.4 Å². The predicted octanol–water partition coefficient (Wildman–Crippen LogP) is 2.75. The zero-order valence-corrected chi connectivity index (χ0v) is 11.3. The van der Waals surface area contributed by atoms with Crippen molar-refractivity contribution < 1.29 is 4.79 Å². The highest BCUT2D eigenvalue weighted by atomic mass is 16.1. The van der Waals surface area contributed by atoms with Crippen molar-refractivity contribution in [1.82, 2.24) is 0 Å². The molecule has 0 radical (unpaired) electrons. The van der Waals surface area contributed by atoms with Crippen molar-refractivity contribution in [3.8, 4) is 0 Å². The molecule has 19 heavy (non-hydrogen) atoms. The predicted molar refractivity (Wildman–Crippen MR) is 78.2 cm³/mol. The lowest BCUT2D eigenvalue weighted by atomic mass is 9.87. The summed E-state index contributed by atoms with van der Waals surface area (Å²) in [6.07, 6.45) is 5.45. The van der Waals surface area contributed by atoms with Crippen LogP contribution in [-0.2, 0) is 11.2 Å². The molecule has 1 aromatic carbocycles. The minimum Gasteiger partial charge on any atom is -0.397 e. The maximum atomic E-state index is 11.4. The van der Waals surface area contributed by atoms with E-state index >= 15 is 0 Å². The molecular weight excluding hydrogens is 238 g/mol. The quantitative estimate of drug-likeness (QED) is 0.715. The number of benzene rings is 1. The molecule has 1 aromatic rings. The van der Waals surface area contributed by atoms with Gasteiger partial charge in [-0.15, -0.1) is 0 Å². The molecule has 0 saturated heterocycles. The molecule has 1 aliphatic heterocycles. The van der Waals surface area contributed by atoms with Gasteiger partial charge in [-0.1, -0.05) is 19.8 Å². The molecule has 1 fully saturated rings. The third-order valence-electron chi connectivity index (χ3n) is 4.20. The van der Waals surface area contributed by atoms with E-state index in [0.717, 1.165) is 28.5 Å². The molecule has 1 amide bonds. The lowest BCUT2D eigenvalue weighted by Crippen LogP contribution is -2.26. The number of hydrogen-bond donors (Lipinski definition) is 3. The van der Waals surface area contributed by atoms with E-state index in [0.29, 0.717) is 12.5 Å². The van der Waals surface area contributed by atoms with Gasteiger partial charge >= 0.3 is 0 Å². The van der Waals surface area contributed by atoms with E-state index in [2.05, 4.69) is 17.6 Å². The number of nitrogens with one attached hydrogen (secondary N) is 2. The maximum Gasteiger partial charge on any atom is 0.228 e. The van der Waals surface area contributed by atoms with Gasteiger partial charge in [0.05, 0.1) is 17.8 Å². The molecule has 1 heterocycles. The van der Waals surface area contributed by atoms with E-state index in [9.17, 15) is 4.79 Å². The van der Waals surface area contributed by atoms with Crippen LogP contribution in [0.3, 0.4) is 0 Å². The smallest absolute Gasteiger partial charge is 0.228 e. The van der Waals surface area contributed by atoms with Crippen molar-refractivity contribution in [3.05, 3.63) is 17.7 Å². The average Bonchev–Trinajstić information content (AvgIpc) is 2.69. The number of amides is 1. The molecule has 102 valence electrons. The van der Waals surface area contributed by atoms with Crippen molar-refractivity contribution in [2.75, 3.05) is 16.4 Å². The molecule has 4 nitrogen and oxygen atoms in total. The highest BCUT2D eigenvalue weighted by Crippen LogP contribution is 2.34. The van der Waals surface area contributed by atoms with Gasteiger partial charge in [-0.3, -0.25) is 4.79 Å². The van der Waals surface area contributed by atoms with E-state index < -0.39 is 0 Å². The fraction of sp³-hybridized carbons (Fsp3) is 0.533. The first-order valence-corrected chi connectivity index (χ1v) is 7.10. The Morgan fingerprint density at radius 2 is 2.21 bits per heavy atom. The van der Waals surface area contributed by atoms with Crippen molar-refractivity contribution in [1.29, 1.82) is 0 Å². The molecule has 4 N–H and O–H groups in total. The number of carbonyl (C=O) groups is 1. The van der Waals surface area contributed by atoms with Crippen molar-refractivity contribution in [2.45, 2.75) is 45.1 Å². The summed E-state index contributed by atoms with van der Waals surface area (Å²) in [6.45, 7) is 2.31. The van der Waals surface area contributed by atoms with Gasteiger partial charge < -0.3 is 16.4 Å². The fourth-order valence-electron chi connectivity index (χ4n) is 3.20. The Morgan fingerprint density at radius 1 is 1.37 bits per heavy atom. The van der Waals surface area contributed by atoms with Crippen LogP contribution in [0.1, 0.15) is 38.2 Å². The Morgan fingerprint density at radius 3 is 3.00 bits per heavy atom. The summed E-state index contributed by atoms with van der Waals surface area (Å²) in [6, 6.07) is 4.40. The normalized spacial score (nSPS) is 25.8. The SMILES string of the molecule is CC1CCCC(Nc2cc3c(cc2N)CC(=O)N3)C1. The van der Waals surface area contributed by atoms with Crippen LogP contribution in [0.4, 0.5) is 17.1 Å². The Balaban J connectivity index is 1.78. The number of carbonyl (C=O) groups excluding carboxylic acids is 1. The van der Waals surface area contributed by atoms with E-state index in [1.54, 1.807) is 0 Å². The standard InChI is InChI=1S/C15H21N3O/c1-9-3-2-4-11(5-9)17-14-8-13-10(6-12(14)16)7-15(19)18-13/h6,8-9,11,17H,2-5,7,16H2,1H3,(H,18,19). The van der Waals surface area contributed by atoms with E-state index in [1.807, 2.05) is 12.1 Å². The summed E-state index contributed by atoms with van der Waals surface area (Å²) in [5, 5.41) is 6.42. The van der Waals surface area contributed by atoms with E-state index in [4.69, 9.17) is 5.73 Å². The van der Waals surface area contributed by atoms with Gasteiger partial charge in [0.2, 0.25) is 5.91 Å². The van der Waals surface area contributed by atoms with Crippen molar-refractivity contribution in [2.24, 2.45) is 5.92 Å². The molecule has 1 aliphatic carbocycles. The van der Waals surface area contributed by atoms with Crippen molar-refractivity contribution >= 4 is 23.0 Å². The third kappa shape index (κ3) is 2.53. The molecule has 1 saturated carbocycles. The van der Waals surface area contributed by atoms with Crippen LogP contribution in [0.25, 0.3) is 0 Å². The largest absolute Gasteiger partial charge is 0.397 e. The Bertz CT molecular complexity index is 512. The highest BCUT2D eigenvalue weighted by molar-refractivity contribution is 6.00. The Labute approximate surface area is 113 Å². The molecule has 3 rings (SSSR count). The molecule has 2 atom stereocenters. The van der Waals surface area contributed by atoms with Gasteiger partial charge in [0.25, 0.3) is 0 Å². The highest BCUT2D eigenvalue weighted by Gasteiger charge is 2.22. The van der Waals surface area contributed by atoms with Crippen LogP contribution in [0.5, 0.6) is 0 Å². The zero-order valence-electron chi connectivity index (χ0n) is 11.3. The summed E-state index contributed by atoms with van der Waals surface area (Å²) in [5.74, 6) is 0.833. The van der Waals surface area contributed by atoms with Gasteiger partial charge in [0.15, 0.2) is 0 Å². The molecule has 2 aliphatic rings. The van der Waals surface area contributed by atoms with E-state index in [1.165, 1.54) is 25.7 Å². The first-order valence-electron chi connectivity index (χ1n) is 7.10. The van der Waals surface area contributed by atoms with Crippen molar-refractivity contribution in [3.63, 3.8) is 0 Å².